The predicted octanol–water partition coefficient (Wildman–Crippen LogP) is 1.01. The SMILES string of the molecule is CCC1(OC(=O)C2C3CC4C(OC(=O)C42)C3OC(=O)COCC(=O)OCC(F)(F)S(=O)(=O)O)CCCC1. The number of esters is 4. The topological polar surface area (TPSA) is 169 Å². The zero-order chi connectivity index (χ0) is 27.2. The van der Waals surface area contributed by atoms with Crippen LogP contribution in [-0.4, -0.2) is 79.7 Å². The van der Waals surface area contributed by atoms with Crippen molar-refractivity contribution in [1.29, 1.82) is 0 Å². The Morgan fingerprint density at radius 1 is 1.14 bits per heavy atom. The average Bonchev–Trinajstić information content (AvgIpc) is 3.55. The van der Waals surface area contributed by atoms with Crippen LogP contribution < -0.4 is 0 Å². The molecule has 3 aliphatic carbocycles. The third-order valence-electron chi connectivity index (χ3n) is 7.78. The van der Waals surface area contributed by atoms with E-state index in [1.165, 1.54) is 0 Å². The molecule has 4 rings (SSSR count). The summed E-state index contributed by atoms with van der Waals surface area (Å²) in [6, 6.07) is 0. The van der Waals surface area contributed by atoms with E-state index in [-0.39, 0.29) is 5.92 Å². The number of alkyl halides is 2. The minimum Gasteiger partial charge on any atom is -0.459 e. The van der Waals surface area contributed by atoms with Gasteiger partial charge < -0.3 is 23.7 Å². The van der Waals surface area contributed by atoms with Crippen molar-refractivity contribution in [2.24, 2.45) is 23.7 Å². The molecular formula is C22H28F2O12S. The summed E-state index contributed by atoms with van der Waals surface area (Å²) in [7, 11) is -5.77. The molecule has 208 valence electrons. The molecule has 12 nitrogen and oxygen atoms in total. The average molecular weight is 555 g/mol. The minimum atomic E-state index is -5.77. The van der Waals surface area contributed by atoms with E-state index in [2.05, 4.69) is 4.74 Å². The Labute approximate surface area is 211 Å². The molecule has 3 saturated carbocycles. The second kappa shape index (κ2) is 10.1. The van der Waals surface area contributed by atoms with Crippen LogP contribution in [0.25, 0.3) is 0 Å². The number of fused-ring (bicyclic) bond motifs is 1. The lowest BCUT2D eigenvalue weighted by Crippen LogP contribution is -2.46. The number of ether oxygens (including phenoxy) is 5. The van der Waals surface area contributed by atoms with Crippen molar-refractivity contribution in [2.75, 3.05) is 19.8 Å². The summed E-state index contributed by atoms with van der Waals surface area (Å²) in [5, 5.41) is -4.70. The molecule has 6 atom stereocenters. The van der Waals surface area contributed by atoms with Crippen LogP contribution in [0, 0.1) is 23.7 Å². The second-order valence-electron chi connectivity index (χ2n) is 9.90. The summed E-state index contributed by atoms with van der Waals surface area (Å²) in [6.45, 7) is -1.77. The van der Waals surface area contributed by atoms with Crippen LogP contribution in [-0.2, 0) is 53.0 Å². The number of rotatable bonds is 11. The predicted molar refractivity (Wildman–Crippen MR) is 114 cm³/mol. The molecule has 6 unspecified atom stereocenters. The lowest BCUT2D eigenvalue weighted by Gasteiger charge is -2.34. The Morgan fingerprint density at radius 3 is 2.41 bits per heavy atom. The maximum absolute atomic E-state index is 13.2. The maximum Gasteiger partial charge on any atom is 0.402 e. The highest BCUT2D eigenvalue weighted by atomic mass is 32.2. The minimum absolute atomic E-state index is 0.297. The highest BCUT2D eigenvalue weighted by Gasteiger charge is 2.70. The highest BCUT2D eigenvalue weighted by Crippen LogP contribution is 2.59. The van der Waals surface area contributed by atoms with Crippen molar-refractivity contribution in [3.8, 4) is 0 Å². The van der Waals surface area contributed by atoms with Gasteiger partial charge in [-0.1, -0.05) is 6.92 Å². The molecule has 1 N–H and O–H groups in total. The molecule has 0 aromatic rings. The first-order valence-electron chi connectivity index (χ1n) is 12.0. The van der Waals surface area contributed by atoms with Crippen LogP contribution in [0.15, 0.2) is 0 Å². The molecule has 4 fully saturated rings. The molecule has 0 spiro atoms. The number of carbonyl (C=O) groups is 4. The Morgan fingerprint density at radius 2 is 1.78 bits per heavy atom. The van der Waals surface area contributed by atoms with Crippen molar-refractivity contribution in [3.63, 3.8) is 0 Å². The summed E-state index contributed by atoms with van der Waals surface area (Å²) in [4.78, 5) is 49.5. The van der Waals surface area contributed by atoms with E-state index in [9.17, 15) is 36.4 Å². The van der Waals surface area contributed by atoms with Gasteiger partial charge in [-0.25, -0.2) is 9.59 Å². The number of carbonyl (C=O) groups excluding carboxylic acids is 4. The summed E-state index contributed by atoms with van der Waals surface area (Å²) < 4.78 is 81.2. The Hall–Kier alpha value is -2.39. The van der Waals surface area contributed by atoms with E-state index < -0.39 is 94.6 Å². The molecule has 15 heteroatoms. The van der Waals surface area contributed by atoms with Gasteiger partial charge in [0.15, 0.2) is 6.61 Å². The standard InChI is InChI=1S/C22H28F2O12S/c1-2-21(5-3-4-6-21)36-20(28)16-12-7-11-15(16)19(27)35-18(11)17(12)34-14(26)9-32-8-13(25)33-10-22(23,24)37(29,30)31/h11-12,15-18H,2-10H2,1H3,(H,29,30,31). The van der Waals surface area contributed by atoms with Crippen molar-refractivity contribution in [1.82, 2.24) is 0 Å². The monoisotopic (exact) mass is 554 g/mol. The molecule has 0 amide bonds. The first kappa shape index (κ1) is 27.6. The highest BCUT2D eigenvalue weighted by molar-refractivity contribution is 7.86. The van der Waals surface area contributed by atoms with Gasteiger partial charge in [0.05, 0.1) is 11.8 Å². The molecule has 1 aliphatic heterocycles. The molecule has 0 aromatic carbocycles. The van der Waals surface area contributed by atoms with Gasteiger partial charge in [0, 0.05) is 11.8 Å². The third kappa shape index (κ3) is 5.30. The van der Waals surface area contributed by atoms with Crippen LogP contribution >= 0.6 is 0 Å². The molecule has 37 heavy (non-hydrogen) atoms. The van der Waals surface area contributed by atoms with Crippen LogP contribution in [0.4, 0.5) is 8.78 Å². The van der Waals surface area contributed by atoms with Crippen LogP contribution in [0.2, 0.25) is 0 Å². The maximum atomic E-state index is 13.2. The lowest BCUT2D eigenvalue weighted by atomic mass is 9.78. The van der Waals surface area contributed by atoms with Gasteiger partial charge in [-0.2, -0.15) is 17.2 Å². The van der Waals surface area contributed by atoms with Gasteiger partial charge >= 0.3 is 39.2 Å². The van der Waals surface area contributed by atoms with Crippen molar-refractivity contribution < 1.29 is 64.6 Å². The van der Waals surface area contributed by atoms with E-state index >= 15 is 0 Å². The van der Waals surface area contributed by atoms with Crippen LogP contribution in [0.1, 0.15) is 45.4 Å². The number of hydrogen-bond acceptors (Lipinski definition) is 11. The fourth-order valence-electron chi connectivity index (χ4n) is 5.98. The lowest BCUT2D eigenvalue weighted by molar-refractivity contribution is -0.177. The van der Waals surface area contributed by atoms with Gasteiger partial charge in [0.2, 0.25) is 0 Å². The molecule has 1 heterocycles. The van der Waals surface area contributed by atoms with Gasteiger partial charge in [-0.15, -0.1) is 0 Å². The van der Waals surface area contributed by atoms with E-state index in [1.54, 1.807) is 0 Å². The van der Waals surface area contributed by atoms with Gasteiger partial charge in [-0.3, -0.25) is 14.1 Å². The quantitative estimate of drug-likeness (QED) is 0.219. The molecule has 0 aromatic heterocycles. The summed E-state index contributed by atoms with van der Waals surface area (Å²) in [5.74, 6) is -5.65. The first-order chi connectivity index (χ1) is 17.3. The van der Waals surface area contributed by atoms with Crippen molar-refractivity contribution in [2.45, 2.75) is 68.5 Å². The zero-order valence-corrected chi connectivity index (χ0v) is 20.7. The number of hydrogen-bond donors (Lipinski definition) is 1. The van der Waals surface area contributed by atoms with E-state index in [4.69, 9.17) is 23.5 Å². The number of halogens is 2. The molecule has 0 radical (unpaired) electrons. The van der Waals surface area contributed by atoms with Gasteiger partial charge in [0.25, 0.3) is 0 Å². The van der Waals surface area contributed by atoms with Gasteiger partial charge in [-0.05, 0) is 38.5 Å². The molecule has 4 aliphatic rings. The largest absolute Gasteiger partial charge is 0.459 e. The fraction of sp³-hybridized carbons (Fsp3) is 0.818. The smallest absolute Gasteiger partial charge is 0.402 e. The Kier molecular flexibility index (Phi) is 7.51. The zero-order valence-electron chi connectivity index (χ0n) is 19.9. The van der Waals surface area contributed by atoms with Crippen LogP contribution in [0.3, 0.4) is 0 Å². The second-order valence-corrected chi connectivity index (χ2v) is 11.4. The molecule has 1 saturated heterocycles. The molecule has 2 bridgehead atoms. The van der Waals surface area contributed by atoms with Crippen molar-refractivity contribution in [3.05, 3.63) is 0 Å². The van der Waals surface area contributed by atoms with E-state index in [1.807, 2.05) is 6.92 Å². The normalized spacial score (nSPS) is 31.7. The first-order valence-corrected chi connectivity index (χ1v) is 13.4. The van der Waals surface area contributed by atoms with E-state index in [0.717, 1.165) is 25.7 Å². The van der Waals surface area contributed by atoms with Crippen LogP contribution in [0.5, 0.6) is 0 Å². The Balaban J connectivity index is 1.30. The van der Waals surface area contributed by atoms with Gasteiger partial charge in [0.1, 0.15) is 31.0 Å². The Bertz CT molecular complexity index is 1050. The summed E-state index contributed by atoms with van der Waals surface area (Å²) in [5.41, 5.74) is -0.555. The third-order valence-corrected chi connectivity index (χ3v) is 8.65. The van der Waals surface area contributed by atoms with E-state index in [0.29, 0.717) is 12.8 Å². The summed E-state index contributed by atoms with van der Waals surface area (Å²) in [6.07, 6.45) is 2.86. The molecular weight excluding hydrogens is 526 g/mol. The summed E-state index contributed by atoms with van der Waals surface area (Å²) >= 11 is 0. The fourth-order valence-corrected chi connectivity index (χ4v) is 6.19. The van der Waals surface area contributed by atoms with Crippen molar-refractivity contribution >= 4 is 34.0 Å².